The number of imidazole rings is 1. The van der Waals surface area contributed by atoms with Gasteiger partial charge < -0.3 is 9.88 Å². The topological polar surface area (TPSA) is 54.2 Å². The minimum atomic E-state index is -0.218. The van der Waals surface area contributed by atoms with Gasteiger partial charge in [0.1, 0.15) is 24.0 Å². The van der Waals surface area contributed by atoms with Gasteiger partial charge in [-0.05, 0) is 58.4 Å². The molecule has 242 valence electrons. The Morgan fingerprint density at radius 2 is 0.940 bits per heavy atom. The number of hydrogen-bond acceptors (Lipinski definition) is 4. The molecule has 3 atom stereocenters. The van der Waals surface area contributed by atoms with Gasteiger partial charge in [0.25, 0.3) is 0 Å². The van der Waals surface area contributed by atoms with Crippen molar-refractivity contribution in [3.05, 3.63) is 186 Å². The van der Waals surface area contributed by atoms with Crippen molar-refractivity contribution in [3.63, 3.8) is 0 Å². The van der Waals surface area contributed by atoms with Crippen LogP contribution in [0.25, 0.3) is 44.8 Å². The number of nitrogens with one attached hydrogen (secondary N) is 2. The van der Waals surface area contributed by atoms with E-state index in [1.54, 1.807) is 0 Å². The van der Waals surface area contributed by atoms with Crippen LogP contribution in [-0.4, -0.2) is 15.4 Å². The lowest BCUT2D eigenvalue weighted by molar-refractivity contribution is 0.409. The van der Waals surface area contributed by atoms with Gasteiger partial charge in [-0.2, -0.15) is 0 Å². The molecule has 5 nitrogen and oxygen atoms in total. The van der Waals surface area contributed by atoms with E-state index in [2.05, 4.69) is 181 Å². The third-order valence-electron chi connectivity index (χ3n) is 10.0. The van der Waals surface area contributed by atoms with Crippen molar-refractivity contribution < 1.29 is 0 Å². The smallest absolute Gasteiger partial charge is 0.141 e. The van der Waals surface area contributed by atoms with Gasteiger partial charge in [-0.1, -0.05) is 158 Å². The number of amidine groups is 1. The summed E-state index contributed by atoms with van der Waals surface area (Å²) in [6.45, 7) is 4.34. The highest BCUT2D eigenvalue weighted by atomic mass is 15.3. The summed E-state index contributed by atoms with van der Waals surface area (Å²) in [5.74, 6) is 1.93. The van der Waals surface area contributed by atoms with E-state index in [-0.39, 0.29) is 12.3 Å². The Balaban J connectivity index is 1.00. The fourth-order valence-corrected chi connectivity index (χ4v) is 7.21. The summed E-state index contributed by atoms with van der Waals surface area (Å²) >= 11 is 0. The molecule has 0 saturated heterocycles. The summed E-state index contributed by atoms with van der Waals surface area (Å²) in [5, 5.41) is 7.48. The Kier molecular flexibility index (Phi) is 7.48. The van der Waals surface area contributed by atoms with Crippen LogP contribution in [0.4, 0.5) is 0 Å². The van der Waals surface area contributed by atoms with Crippen LogP contribution in [0.2, 0.25) is 0 Å². The molecule has 0 fully saturated rings. The fraction of sp³-hybridized carbons (Fsp3) is 0.111. The summed E-state index contributed by atoms with van der Waals surface area (Å²) in [6, 6.07) is 56.5. The third-order valence-corrected chi connectivity index (χ3v) is 10.0. The quantitative estimate of drug-likeness (QED) is 0.181. The van der Waals surface area contributed by atoms with Crippen molar-refractivity contribution in [2.45, 2.75) is 32.2 Å². The molecule has 7 aromatic rings. The molecule has 0 radical (unpaired) electrons. The minimum absolute atomic E-state index is 0.125. The Hall–Kier alpha value is -6.04. The number of aliphatic imine (C=N–C) groups is 1. The normalized spacial score (nSPS) is 17.8. The zero-order valence-electron chi connectivity index (χ0n) is 28.1. The number of hydrogen-bond donors (Lipinski definition) is 2. The van der Waals surface area contributed by atoms with Crippen molar-refractivity contribution in [2.24, 2.45) is 4.99 Å². The molecule has 0 aliphatic carbocycles. The lowest BCUT2D eigenvalue weighted by atomic mass is 10.00. The van der Waals surface area contributed by atoms with E-state index in [1.807, 2.05) is 6.07 Å². The second kappa shape index (κ2) is 12.4. The van der Waals surface area contributed by atoms with Gasteiger partial charge in [-0.15, -0.1) is 0 Å². The van der Waals surface area contributed by atoms with Crippen molar-refractivity contribution in [3.8, 4) is 44.8 Å². The molecule has 2 N–H and O–H groups in total. The standard InChI is InChI=1S/C45H37N5/c1-29-41-30(2)50(41)45(46-29)40-27-19-36(20-28-40)35-17-25-39(26-18-35)44-48-42(37-21-13-33(14-22-37)31-9-5-3-6-10-31)47-43(49-44)38-23-15-34(16-24-38)32-11-7-4-8-12-32/h3-28,30,42-43,47H,1-2H3,(H,48,49). The van der Waals surface area contributed by atoms with Crippen molar-refractivity contribution >= 4 is 5.84 Å². The van der Waals surface area contributed by atoms with E-state index in [0.29, 0.717) is 6.04 Å². The first-order valence-electron chi connectivity index (χ1n) is 17.3. The number of benzene rings is 6. The summed E-state index contributed by atoms with van der Waals surface area (Å²) in [4.78, 5) is 10.0. The molecule has 5 heteroatoms. The van der Waals surface area contributed by atoms with Crippen LogP contribution in [0.3, 0.4) is 0 Å². The van der Waals surface area contributed by atoms with Crippen LogP contribution in [0.1, 0.15) is 53.4 Å². The maximum Gasteiger partial charge on any atom is 0.141 e. The van der Waals surface area contributed by atoms with Crippen LogP contribution in [-0.2, 0) is 0 Å². The molecule has 2 aliphatic heterocycles. The first kappa shape index (κ1) is 30.1. The maximum atomic E-state index is 5.22. The van der Waals surface area contributed by atoms with Crippen molar-refractivity contribution in [2.75, 3.05) is 0 Å². The van der Waals surface area contributed by atoms with E-state index < -0.39 is 0 Å². The van der Waals surface area contributed by atoms with Crippen LogP contribution in [0.15, 0.2) is 163 Å². The van der Waals surface area contributed by atoms with Gasteiger partial charge in [0, 0.05) is 11.1 Å². The Morgan fingerprint density at radius 1 is 0.500 bits per heavy atom. The highest BCUT2D eigenvalue weighted by Crippen LogP contribution is 2.42. The second-order valence-electron chi connectivity index (χ2n) is 13.2. The van der Waals surface area contributed by atoms with E-state index in [9.17, 15) is 0 Å². The average Bonchev–Trinajstić information content (AvgIpc) is 3.73. The van der Waals surface area contributed by atoms with Gasteiger partial charge in [-0.25, -0.2) is 9.98 Å². The van der Waals surface area contributed by atoms with Crippen molar-refractivity contribution in [1.82, 2.24) is 20.2 Å². The SMILES string of the molecule is Cc1nc(-c2ccc(-c3ccc(C4=NC(c5ccc(-c6ccccc6)cc5)NC(c5ccc(-c6ccccc6)cc5)N4)cc3)cc2)n2c1C2C. The lowest BCUT2D eigenvalue weighted by Crippen LogP contribution is -2.44. The van der Waals surface area contributed by atoms with Crippen LogP contribution in [0, 0.1) is 6.92 Å². The number of rotatable bonds is 7. The predicted molar refractivity (Wildman–Crippen MR) is 204 cm³/mol. The molecule has 2 aliphatic rings. The Labute approximate surface area is 293 Å². The second-order valence-corrected chi connectivity index (χ2v) is 13.2. The first-order chi connectivity index (χ1) is 24.6. The molecule has 0 saturated carbocycles. The highest BCUT2D eigenvalue weighted by Gasteiger charge is 2.35. The monoisotopic (exact) mass is 647 g/mol. The predicted octanol–water partition coefficient (Wildman–Crippen LogP) is 10.1. The molecule has 1 aromatic heterocycles. The van der Waals surface area contributed by atoms with Gasteiger partial charge >= 0.3 is 0 Å². The van der Waals surface area contributed by atoms with Gasteiger partial charge in [0.15, 0.2) is 0 Å². The lowest BCUT2D eigenvalue weighted by Gasteiger charge is -2.32. The fourth-order valence-electron chi connectivity index (χ4n) is 7.21. The van der Waals surface area contributed by atoms with E-state index in [1.165, 1.54) is 39.1 Å². The van der Waals surface area contributed by atoms with Crippen LogP contribution < -0.4 is 10.6 Å². The van der Waals surface area contributed by atoms with Crippen LogP contribution >= 0.6 is 0 Å². The zero-order chi connectivity index (χ0) is 33.6. The maximum absolute atomic E-state index is 5.22. The van der Waals surface area contributed by atoms with E-state index in [4.69, 9.17) is 9.98 Å². The molecule has 3 unspecified atom stereocenters. The molecule has 3 heterocycles. The third kappa shape index (κ3) is 5.62. The highest BCUT2D eigenvalue weighted by molar-refractivity contribution is 6.00. The number of aromatic nitrogens is 2. The first-order valence-corrected chi connectivity index (χ1v) is 17.3. The van der Waals surface area contributed by atoms with Crippen LogP contribution in [0.5, 0.6) is 0 Å². The number of fused-ring (bicyclic) bond motifs is 1. The van der Waals surface area contributed by atoms with E-state index in [0.717, 1.165) is 39.6 Å². The molecule has 0 spiro atoms. The zero-order valence-corrected chi connectivity index (χ0v) is 28.1. The average molecular weight is 648 g/mol. The number of nitrogens with zero attached hydrogens (tertiary/aromatic N) is 3. The summed E-state index contributed by atoms with van der Waals surface area (Å²) in [5.41, 5.74) is 14.1. The minimum Gasteiger partial charge on any atom is -0.350 e. The molecular weight excluding hydrogens is 611 g/mol. The van der Waals surface area contributed by atoms with Gasteiger partial charge in [0.2, 0.25) is 0 Å². The molecular formula is C45H37N5. The van der Waals surface area contributed by atoms with E-state index >= 15 is 0 Å². The molecule has 6 aromatic carbocycles. The molecule has 9 rings (SSSR count). The molecule has 0 amide bonds. The Morgan fingerprint density at radius 3 is 1.44 bits per heavy atom. The Bertz CT molecular complexity index is 2300. The van der Waals surface area contributed by atoms with Gasteiger partial charge in [-0.3, -0.25) is 5.32 Å². The van der Waals surface area contributed by atoms with Gasteiger partial charge in [0.05, 0.1) is 17.4 Å². The summed E-state index contributed by atoms with van der Waals surface area (Å²) < 4.78 is 2.32. The summed E-state index contributed by atoms with van der Waals surface area (Å²) in [7, 11) is 0. The molecule has 0 bridgehead atoms. The summed E-state index contributed by atoms with van der Waals surface area (Å²) in [6.07, 6.45) is -0.343. The largest absolute Gasteiger partial charge is 0.350 e. The molecule has 50 heavy (non-hydrogen) atoms. The van der Waals surface area contributed by atoms with Crippen molar-refractivity contribution in [1.29, 1.82) is 0 Å². The number of aryl methyl sites for hydroxylation is 1.